The number of phenols is 1. The lowest BCUT2D eigenvalue weighted by atomic mass is 10.2. The predicted molar refractivity (Wildman–Crippen MR) is 74.5 cm³/mol. The van der Waals surface area contributed by atoms with Gasteiger partial charge in [-0.1, -0.05) is 39.8 Å². The summed E-state index contributed by atoms with van der Waals surface area (Å²) >= 11 is 5.15. The third-order valence-electron chi connectivity index (χ3n) is 2.69. The molecule has 17 heavy (non-hydrogen) atoms. The van der Waals surface area contributed by atoms with Gasteiger partial charge in [0.1, 0.15) is 11.1 Å². The minimum Gasteiger partial charge on any atom is -0.508 e. The van der Waals surface area contributed by atoms with E-state index in [1.807, 2.05) is 24.3 Å². The Hall–Kier alpha value is -1.13. The molecule has 1 atom stereocenters. The van der Waals surface area contributed by atoms with E-state index in [-0.39, 0.29) is 5.37 Å². The minimum absolute atomic E-state index is 0.0740. The van der Waals surface area contributed by atoms with Crippen LogP contribution in [0.4, 0.5) is 5.69 Å². The molecule has 2 aromatic rings. The van der Waals surface area contributed by atoms with E-state index in [0.717, 1.165) is 15.7 Å². The zero-order chi connectivity index (χ0) is 11.8. The fourth-order valence-electron chi connectivity index (χ4n) is 1.86. The number of hydrogen-bond donors (Lipinski definition) is 2. The molecular weight excluding hydrogens is 298 g/mol. The van der Waals surface area contributed by atoms with Crippen molar-refractivity contribution in [3.05, 3.63) is 52.5 Å². The first-order chi connectivity index (χ1) is 8.24. The van der Waals surface area contributed by atoms with Crippen molar-refractivity contribution in [2.75, 3.05) is 5.32 Å². The van der Waals surface area contributed by atoms with Gasteiger partial charge in [-0.3, -0.25) is 0 Å². The Kier molecular flexibility index (Phi) is 2.76. The fraction of sp³-hybridized carbons (Fsp3) is 0.0769. The fourth-order valence-corrected chi connectivity index (χ4v) is 3.41. The number of para-hydroxylation sites is 1. The maximum absolute atomic E-state index is 9.90. The summed E-state index contributed by atoms with van der Waals surface area (Å²) in [7, 11) is 0. The summed E-state index contributed by atoms with van der Waals surface area (Å²) in [6.45, 7) is 0. The van der Waals surface area contributed by atoms with Crippen LogP contribution in [0, 0.1) is 0 Å². The third kappa shape index (κ3) is 2.03. The molecule has 0 radical (unpaired) electrons. The van der Waals surface area contributed by atoms with Crippen molar-refractivity contribution in [1.82, 2.24) is 0 Å². The van der Waals surface area contributed by atoms with Crippen LogP contribution in [0.15, 0.2) is 51.8 Å². The molecule has 2 nitrogen and oxygen atoms in total. The highest BCUT2D eigenvalue weighted by Gasteiger charge is 2.24. The van der Waals surface area contributed by atoms with Gasteiger partial charge in [0, 0.05) is 20.6 Å². The smallest absolute Gasteiger partial charge is 0.121 e. The highest BCUT2D eigenvalue weighted by Crippen LogP contribution is 2.48. The van der Waals surface area contributed by atoms with Crippen molar-refractivity contribution in [1.29, 1.82) is 0 Å². The molecule has 0 aliphatic carbocycles. The molecular formula is C13H10BrNOS. The van der Waals surface area contributed by atoms with E-state index in [1.54, 1.807) is 17.8 Å². The molecule has 0 unspecified atom stereocenters. The maximum Gasteiger partial charge on any atom is 0.121 e. The monoisotopic (exact) mass is 307 g/mol. The van der Waals surface area contributed by atoms with Crippen molar-refractivity contribution >= 4 is 33.4 Å². The summed E-state index contributed by atoms with van der Waals surface area (Å²) in [6, 6.07) is 13.7. The number of aromatic hydroxyl groups is 1. The van der Waals surface area contributed by atoms with Crippen LogP contribution in [0.2, 0.25) is 0 Å². The van der Waals surface area contributed by atoms with Crippen LogP contribution < -0.4 is 5.32 Å². The van der Waals surface area contributed by atoms with Crippen molar-refractivity contribution < 1.29 is 5.11 Å². The Bertz CT molecular complexity index is 548. The van der Waals surface area contributed by atoms with Crippen LogP contribution in [-0.2, 0) is 0 Å². The summed E-state index contributed by atoms with van der Waals surface area (Å²) in [6.07, 6.45) is 0. The second kappa shape index (κ2) is 4.27. The van der Waals surface area contributed by atoms with Crippen molar-refractivity contribution in [3.63, 3.8) is 0 Å². The number of rotatable bonds is 1. The number of nitrogens with one attached hydrogen (secondary N) is 1. The number of thioether (sulfide) groups is 1. The average Bonchev–Trinajstić information content (AvgIpc) is 2.75. The lowest BCUT2D eigenvalue weighted by molar-refractivity contribution is 0.468. The predicted octanol–water partition coefficient (Wildman–Crippen LogP) is 4.37. The zero-order valence-corrected chi connectivity index (χ0v) is 11.3. The Morgan fingerprint density at radius 3 is 2.82 bits per heavy atom. The summed E-state index contributed by atoms with van der Waals surface area (Å²) in [4.78, 5) is 1.22. The van der Waals surface area contributed by atoms with Gasteiger partial charge in [0.2, 0.25) is 0 Å². The summed E-state index contributed by atoms with van der Waals surface area (Å²) < 4.78 is 0.976. The van der Waals surface area contributed by atoms with E-state index in [0.29, 0.717) is 5.75 Å². The van der Waals surface area contributed by atoms with Crippen LogP contribution >= 0.6 is 27.7 Å². The molecule has 86 valence electrons. The second-order valence-electron chi connectivity index (χ2n) is 3.84. The van der Waals surface area contributed by atoms with Crippen LogP contribution in [0.25, 0.3) is 0 Å². The van der Waals surface area contributed by atoms with E-state index >= 15 is 0 Å². The van der Waals surface area contributed by atoms with Crippen molar-refractivity contribution in [3.8, 4) is 5.75 Å². The number of benzene rings is 2. The lowest BCUT2D eigenvalue weighted by Crippen LogP contribution is -2.01. The first-order valence-corrected chi connectivity index (χ1v) is 6.92. The number of fused-ring (bicyclic) bond motifs is 1. The minimum atomic E-state index is 0.0740. The highest BCUT2D eigenvalue weighted by molar-refractivity contribution is 9.10. The lowest BCUT2D eigenvalue weighted by Gasteiger charge is -2.12. The maximum atomic E-state index is 9.90. The van der Waals surface area contributed by atoms with E-state index in [2.05, 4.69) is 33.4 Å². The van der Waals surface area contributed by atoms with Gasteiger partial charge in [-0.2, -0.15) is 0 Å². The van der Waals surface area contributed by atoms with E-state index in [9.17, 15) is 5.11 Å². The Balaban J connectivity index is 1.96. The standard InChI is InChI=1S/C13H10BrNOS/c14-8-5-6-11(16)9(7-8)13-15-10-3-1-2-4-12(10)17-13/h1-7,13,15-16H/t13-/m0/s1. The van der Waals surface area contributed by atoms with Gasteiger partial charge >= 0.3 is 0 Å². The Morgan fingerprint density at radius 1 is 1.18 bits per heavy atom. The van der Waals surface area contributed by atoms with Gasteiger partial charge in [0.15, 0.2) is 0 Å². The molecule has 0 fully saturated rings. The summed E-state index contributed by atoms with van der Waals surface area (Å²) in [5.74, 6) is 0.325. The van der Waals surface area contributed by atoms with E-state index < -0.39 is 0 Å². The van der Waals surface area contributed by atoms with Gasteiger partial charge in [-0.25, -0.2) is 0 Å². The van der Waals surface area contributed by atoms with E-state index in [1.165, 1.54) is 4.90 Å². The second-order valence-corrected chi connectivity index (χ2v) is 5.90. The number of phenolic OH excluding ortho intramolecular Hbond substituents is 1. The first kappa shape index (κ1) is 11.0. The number of hydrogen-bond acceptors (Lipinski definition) is 3. The number of anilines is 1. The van der Waals surface area contributed by atoms with Crippen LogP contribution in [0.5, 0.6) is 5.75 Å². The van der Waals surface area contributed by atoms with Crippen molar-refractivity contribution in [2.24, 2.45) is 0 Å². The van der Waals surface area contributed by atoms with Crippen LogP contribution in [-0.4, -0.2) is 5.11 Å². The van der Waals surface area contributed by atoms with Crippen LogP contribution in [0.1, 0.15) is 10.9 Å². The molecule has 2 N–H and O–H groups in total. The molecule has 0 spiro atoms. The molecule has 0 saturated heterocycles. The molecule has 3 rings (SSSR count). The Labute approximate surface area is 112 Å². The molecule has 0 aromatic heterocycles. The molecule has 1 heterocycles. The highest BCUT2D eigenvalue weighted by atomic mass is 79.9. The third-order valence-corrected chi connectivity index (χ3v) is 4.40. The normalized spacial score (nSPS) is 17.6. The van der Waals surface area contributed by atoms with Crippen LogP contribution in [0.3, 0.4) is 0 Å². The zero-order valence-electron chi connectivity index (χ0n) is 8.85. The van der Waals surface area contributed by atoms with Gasteiger partial charge in [-0.15, -0.1) is 0 Å². The molecule has 2 aromatic carbocycles. The largest absolute Gasteiger partial charge is 0.508 e. The molecule has 0 bridgehead atoms. The molecule has 0 saturated carbocycles. The van der Waals surface area contributed by atoms with E-state index in [4.69, 9.17) is 0 Å². The number of halogens is 1. The molecule has 1 aliphatic rings. The quantitative estimate of drug-likeness (QED) is 0.820. The van der Waals surface area contributed by atoms with Crippen molar-refractivity contribution in [2.45, 2.75) is 10.3 Å². The molecule has 0 amide bonds. The SMILES string of the molecule is Oc1ccc(Br)cc1[C@H]1Nc2ccccc2S1. The first-order valence-electron chi connectivity index (χ1n) is 5.25. The van der Waals surface area contributed by atoms with Gasteiger partial charge in [0.25, 0.3) is 0 Å². The average molecular weight is 308 g/mol. The molecule has 1 aliphatic heterocycles. The Morgan fingerprint density at radius 2 is 2.00 bits per heavy atom. The summed E-state index contributed by atoms with van der Waals surface area (Å²) in [5, 5.41) is 13.4. The van der Waals surface area contributed by atoms with Gasteiger partial charge in [-0.05, 0) is 30.3 Å². The van der Waals surface area contributed by atoms with Gasteiger partial charge in [0.05, 0.1) is 0 Å². The summed E-state index contributed by atoms with van der Waals surface area (Å²) in [5.41, 5.74) is 2.03. The van der Waals surface area contributed by atoms with Gasteiger partial charge < -0.3 is 10.4 Å². The molecule has 4 heteroatoms. The topological polar surface area (TPSA) is 32.3 Å².